The van der Waals surface area contributed by atoms with Gasteiger partial charge in [0.2, 0.25) is 10.0 Å². The Hall–Kier alpha value is -1.67. The first-order valence-corrected chi connectivity index (χ1v) is 13.2. The SMILES string of the molecule is CCSC1=NC2(CCN(S(=O)(=O)c3ccc(C)cc3C)CC2)N=C1c1ccc(Cl)cc1. The van der Waals surface area contributed by atoms with E-state index in [0.717, 1.165) is 33.2 Å². The number of piperidine rings is 1. The van der Waals surface area contributed by atoms with Crippen molar-refractivity contribution < 1.29 is 8.42 Å². The molecule has 4 rings (SSSR count). The van der Waals surface area contributed by atoms with Gasteiger partial charge in [0.05, 0.1) is 10.6 Å². The highest BCUT2D eigenvalue weighted by molar-refractivity contribution is 8.15. The topological polar surface area (TPSA) is 62.1 Å². The highest BCUT2D eigenvalue weighted by Gasteiger charge is 2.42. The lowest BCUT2D eigenvalue weighted by atomic mass is 10.00. The molecule has 0 amide bonds. The molecule has 2 aliphatic rings. The van der Waals surface area contributed by atoms with Crippen molar-refractivity contribution in [1.82, 2.24) is 4.31 Å². The van der Waals surface area contributed by atoms with E-state index < -0.39 is 15.7 Å². The van der Waals surface area contributed by atoms with E-state index in [1.807, 2.05) is 50.2 Å². The fourth-order valence-corrected chi connectivity index (χ4v) is 6.67. The Bertz CT molecular complexity index is 1150. The van der Waals surface area contributed by atoms with Crippen molar-refractivity contribution in [3.8, 4) is 0 Å². The second-order valence-corrected chi connectivity index (χ2v) is 11.6. The second kappa shape index (κ2) is 8.70. The molecule has 0 atom stereocenters. The van der Waals surface area contributed by atoms with Gasteiger partial charge < -0.3 is 0 Å². The standard InChI is InChI=1S/C23H26ClN3O2S2/c1-4-30-22-21(18-6-8-19(24)9-7-18)25-23(26-22)11-13-27(14-12-23)31(28,29)20-10-5-16(2)15-17(20)3/h5-10,15H,4,11-14H2,1-3H3. The highest BCUT2D eigenvalue weighted by atomic mass is 35.5. The van der Waals surface area contributed by atoms with E-state index in [-0.39, 0.29) is 0 Å². The van der Waals surface area contributed by atoms with Crippen LogP contribution < -0.4 is 0 Å². The summed E-state index contributed by atoms with van der Waals surface area (Å²) in [5.74, 6) is 0.898. The first-order chi connectivity index (χ1) is 14.7. The number of benzene rings is 2. The third-order valence-corrected chi connectivity index (χ3v) is 8.86. The first-order valence-electron chi connectivity index (χ1n) is 10.4. The van der Waals surface area contributed by atoms with Crippen LogP contribution in [0.5, 0.6) is 0 Å². The van der Waals surface area contributed by atoms with Crippen LogP contribution in [-0.2, 0) is 10.0 Å². The number of thioether (sulfide) groups is 1. The minimum Gasteiger partial charge on any atom is -0.252 e. The predicted octanol–water partition coefficient (Wildman–Crippen LogP) is 5.09. The lowest BCUT2D eigenvalue weighted by molar-refractivity contribution is 0.249. The number of hydrogen-bond donors (Lipinski definition) is 0. The molecule has 2 aromatic rings. The van der Waals surface area contributed by atoms with Crippen LogP contribution in [0.2, 0.25) is 5.02 Å². The van der Waals surface area contributed by atoms with Crippen LogP contribution in [-0.4, -0.2) is 48.0 Å². The molecular formula is C23H26ClN3O2S2. The first kappa shape index (κ1) is 22.5. The minimum atomic E-state index is -3.53. The Morgan fingerprint density at radius 1 is 1.06 bits per heavy atom. The van der Waals surface area contributed by atoms with Crippen LogP contribution in [0.25, 0.3) is 0 Å². The molecule has 0 radical (unpaired) electrons. The summed E-state index contributed by atoms with van der Waals surface area (Å²) in [7, 11) is -3.53. The number of sulfonamides is 1. The molecule has 31 heavy (non-hydrogen) atoms. The van der Waals surface area contributed by atoms with Gasteiger partial charge in [-0.1, -0.05) is 48.4 Å². The summed E-state index contributed by atoms with van der Waals surface area (Å²) in [6.07, 6.45) is 1.14. The molecule has 1 spiro atoms. The van der Waals surface area contributed by atoms with Gasteiger partial charge >= 0.3 is 0 Å². The van der Waals surface area contributed by atoms with Crippen LogP contribution in [0.4, 0.5) is 0 Å². The lowest BCUT2D eigenvalue weighted by Gasteiger charge is -2.34. The number of nitrogens with zero attached hydrogens (tertiary/aromatic N) is 3. The highest BCUT2D eigenvalue weighted by Crippen LogP contribution is 2.37. The van der Waals surface area contributed by atoms with Crippen molar-refractivity contribution >= 4 is 44.1 Å². The van der Waals surface area contributed by atoms with E-state index in [4.69, 9.17) is 21.6 Å². The Balaban J connectivity index is 1.58. The molecular weight excluding hydrogens is 450 g/mol. The minimum absolute atomic E-state index is 0.386. The third-order valence-electron chi connectivity index (χ3n) is 5.70. The molecule has 2 heterocycles. The molecule has 0 bridgehead atoms. The molecule has 0 N–H and O–H groups in total. The average Bonchev–Trinajstić information content (AvgIpc) is 3.06. The Morgan fingerprint density at radius 2 is 1.74 bits per heavy atom. The van der Waals surface area contributed by atoms with Crippen LogP contribution >= 0.6 is 23.4 Å². The summed E-state index contributed by atoms with van der Waals surface area (Å²) in [5.41, 5.74) is 3.13. The fraction of sp³-hybridized carbons (Fsp3) is 0.391. The molecule has 0 aliphatic carbocycles. The Morgan fingerprint density at radius 3 is 2.35 bits per heavy atom. The van der Waals surface area contributed by atoms with Gasteiger partial charge in [0.25, 0.3) is 0 Å². The maximum Gasteiger partial charge on any atom is 0.243 e. The van der Waals surface area contributed by atoms with E-state index in [9.17, 15) is 8.42 Å². The van der Waals surface area contributed by atoms with Gasteiger partial charge in [0.15, 0.2) is 5.66 Å². The van der Waals surface area contributed by atoms with E-state index in [1.54, 1.807) is 22.1 Å². The van der Waals surface area contributed by atoms with E-state index in [2.05, 4.69) is 6.92 Å². The average molecular weight is 476 g/mol. The number of halogens is 1. The van der Waals surface area contributed by atoms with Crippen molar-refractivity contribution in [2.24, 2.45) is 9.98 Å². The summed E-state index contributed by atoms with van der Waals surface area (Å²) in [4.78, 5) is 10.4. The summed E-state index contributed by atoms with van der Waals surface area (Å²) in [5, 5.41) is 1.61. The van der Waals surface area contributed by atoms with Crippen molar-refractivity contribution in [2.45, 2.75) is 44.2 Å². The maximum absolute atomic E-state index is 13.2. The van der Waals surface area contributed by atoms with E-state index >= 15 is 0 Å². The van der Waals surface area contributed by atoms with Gasteiger partial charge in [-0.3, -0.25) is 4.99 Å². The van der Waals surface area contributed by atoms with Crippen molar-refractivity contribution in [3.05, 3.63) is 64.2 Å². The van der Waals surface area contributed by atoms with Crippen LogP contribution in [0.1, 0.15) is 36.5 Å². The van der Waals surface area contributed by atoms with Crippen molar-refractivity contribution in [3.63, 3.8) is 0 Å². The van der Waals surface area contributed by atoms with Gasteiger partial charge in [-0.05, 0) is 43.4 Å². The molecule has 8 heteroatoms. The monoisotopic (exact) mass is 475 g/mol. The zero-order valence-corrected chi connectivity index (χ0v) is 20.3. The summed E-state index contributed by atoms with van der Waals surface area (Å²) < 4.78 is 28.1. The fourth-order valence-electron chi connectivity index (χ4n) is 4.09. The zero-order valence-electron chi connectivity index (χ0n) is 17.9. The maximum atomic E-state index is 13.2. The third kappa shape index (κ3) is 4.46. The quantitative estimate of drug-likeness (QED) is 0.618. The number of hydrogen-bond acceptors (Lipinski definition) is 5. The smallest absolute Gasteiger partial charge is 0.243 e. The molecule has 5 nitrogen and oxygen atoms in total. The van der Waals surface area contributed by atoms with Gasteiger partial charge in [-0.2, -0.15) is 4.31 Å². The van der Waals surface area contributed by atoms with Crippen LogP contribution in [0.3, 0.4) is 0 Å². The zero-order chi connectivity index (χ0) is 22.2. The van der Waals surface area contributed by atoms with Gasteiger partial charge in [0, 0.05) is 36.5 Å². The largest absolute Gasteiger partial charge is 0.252 e. The lowest BCUT2D eigenvalue weighted by Crippen LogP contribution is -2.44. The predicted molar refractivity (Wildman–Crippen MR) is 130 cm³/mol. The van der Waals surface area contributed by atoms with E-state index in [0.29, 0.717) is 35.8 Å². The molecule has 1 fully saturated rings. The molecule has 0 aromatic heterocycles. The molecule has 1 saturated heterocycles. The Labute approximate surface area is 193 Å². The molecule has 0 saturated carbocycles. The number of rotatable bonds is 4. The van der Waals surface area contributed by atoms with Gasteiger partial charge in [-0.15, -0.1) is 11.8 Å². The van der Waals surface area contributed by atoms with Gasteiger partial charge in [0.1, 0.15) is 5.04 Å². The Kier molecular flexibility index (Phi) is 6.32. The van der Waals surface area contributed by atoms with E-state index in [1.165, 1.54) is 0 Å². The second-order valence-electron chi connectivity index (χ2n) is 7.97. The summed E-state index contributed by atoms with van der Waals surface area (Å²) in [6, 6.07) is 13.1. The van der Waals surface area contributed by atoms with Crippen molar-refractivity contribution in [2.75, 3.05) is 18.8 Å². The molecule has 2 aromatic carbocycles. The number of aliphatic imine (C=N–C) groups is 2. The van der Waals surface area contributed by atoms with Crippen LogP contribution in [0, 0.1) is 13.8 Å². The molecule has 0 unspecified atom stereocenters. The van der Waals surface area contributed by atoms with Gasteiger partial charge in [-0.25, -0.2) is 13.4 Å². The normalized spacial score (nSPS) is 18.8. The van der Waals surface area contributed by atoms with Crippen LogP contribution in [0.15, 0.2) is 57.3 Å². The number of aryl methyl sites for hydroxylation is 2. The molecule has 2 aliphatic heterocycles. The molecule has 164 valence electrons. The van der Waals surface area contributed by atoms with Crippen molar-refractivity contribution in [1.29, 1.82) is 0 Å². The summed E-state index contributed by atoms with van der Waals surface area (Å²) in [6.45, 7) is 6.72. The summed E-state index contributed by atoms with van der Waals surface area (Å²) >= 11 is 7.72.